The van der Waals surface area contributed by atoms with E-state index in [1.807, 2.05) is 0 Å². The van der Waals surface area contributed by atoms with Crippen LogP contribution in [0.5, 0.6) is 0 Å². The molecule has 0 radical (unpaired) electrons. The number of rotatable bonds is 2. The summed E-state index contributed by atoms with van der Waals surface area (Å²) in [5.41, 5.74) is 0.144. The summed E-state index contributed by atoms with van der Waals surface area (Å²) < 4.78 is 6.51. The molecular formula is C15H22O2Si. The Bertz CT molecular complexity index is 495. The van der Waals surface area contributed by atoms with Gasteiger partial charge in [0.1, 0.15) is 0 Å². The predicted octanol–water partition coefficient (Wildman–Crippen LogP) is 2.17. The zero-order valence-corrected chi connectivity index (χ0v) is 12.4. The molecule has 7 fully saturated rings. The highest BCUT2D eigenvalue weighted by Crippen LogP contribution is 2.93. The Kier molecular flexibility index (Phi) is 1.21. The maximum absolute atomic E-state index is 11.1. The molecule has 0 amide bonds. The SMILES string of the molecule is C[Si](C)(C)CC12OC3(O)C4C5CC(C6C5C3C61)C42. The second-order valence-corrected chi connectivity index (χ2v) is 14.8. The summed E-state index contributed by atoms with van der Waals surface area (Å²) in [6, 6.07) is 1.30. The quantitative estimate of drug-likeness (QED) is 0.773. The molecule has 3 heteroatoms. The monoisotopic (exact) mass is 262 g/mol. The summed E-state index contributed by atoms with van der Waals surface area (Å²) in [4.78, 5) is 0. The molecular weight excluding hydrogens is 240 g/mol. The largest absolute Gasteiger partial charge is 0.365 e. The molecule has 0 spiro atoms. The van der Waals surface area contributed by atoms with Crippen molar-refractivity contribution in [2.24, 2.45) is 47.3 Å². The second kappa shape index (κ2) is 2.19. The maximum atomic E-state index is 11.1. The molecule has 2 aliphatic heterocycles. The lowest BCUT2D eigenvalue weighted by Gasteiger charge is -2.47. The fraction of sp³-hybridized carbons (Fsp3) is 1.00. The fourth-order valence-corrected chi connectivity index (χ4v) is 10.6. The van der Waals surface area contributed by atoms with Gasteiger partial charge in [-0.3, -0.25) is 0 Å². The van der Waals surface area contributed by atoms with Crippen molar-refractivity contribution in [3.8, 4) is 0 Å². The van der Waals surface area contributed by atoms with Crippen LogP contribution in [-0.4, -0.2) is 24.6 Å². The van der Waals surface area contributed by atoms with Crippen molar-refractivity contribution in [1.82, 2.24) is 0 Å². The van der Waals surface area contributed by atoms with Crippen molar-refractivity contribution in [1.29, 1.82) is 0 Å². The van der Waals surface area contributed by atoms with Crippen LogP contribution in [0.15, 0.2) is 0 Å². The average molecular weight is 262 g/mol. The highest BCUT2D eigenvalue weighted by molar-refractivity contribution is 6.76. The topological polar surface area (TPSA) is 29.5 Å². The van der Waals surface area contributed by atoms with Crippen molar-refractivity contribution in [2.75, 3.05) is 0 Å². The molecule has 2 nitrogen and oxygen atoms in total. The number of hydrogen-bond donors (Lipinski definition) is 1. The molecule has 4 bridgehead atoms. The lowest BCUT2D eigenvalue weighted by Crippen LogP contribution is -2.53. The maximum Gasteiger partial charge on any atom is 0.173 e. The third-order valence-corrected chi connectivity index (χ3v) is 9.36. The lowest BCUT2D eigenvalue weighted by atomic mass is 9.57. The van der Waals surface area contributed by atoms with E-state index in [0.29, 0.717) is 11.8 Å². The first-order valence-electron chi connectivity index (χ1n) is 7.81. The molecule has 2 saturated heterocycles. The highest BCUT2D eigenvalue weighted by atomic mass is 28.3. The van der Waals surface area contributed by atoms with Crippen molar-refractivity contribution < 1.29 is 9.84 Å². The van der Waals surface area contributed by atoms with Crippen LogP contribution in [0.4, 0.5) is 0 Å². The second-order valence-electron chi connectivity index (χ2n) is 9.37. The van der Waals surface area contributed by atoms with E-state index in [-0.39, 0.29) is 5.60 Å². The molecule has 98 valence electrons. The summed E-state index contributed by atoms with van der Waals surface area (Å²) in [6.07, 6.45) is 1.44. The summed E-state index contributed by atoms with van der Waals surface area (Å²) >= 11 is 0. The van der Waals surface area contributed by atoms with Crippen LogP contribution >= 0.6 is 0 Å². The standard InChI is InChI=1S/C15H22O2Si/c1-18(2,3)5-14-10-6-4-7-9-8(6)12(14)13(9)15(16,17-14)11(7)10/h6-13,16H,4-5H2,1-3H3. The van der Waals surface area contributed by atoms with Gasteiger partial charge in [-0.1, -0.05) is 19.6 Å². The third-order valence-electron chi connectivity index (χ3n) is 7.75. The van der Waals surface area contributed by atoms with E-state index in [1.54, 1.807) is 0 Å². The molecule has 10 unspecified atom stereocenters. The van der Waals surface area contributed by atoms with Gasteiger partial charge >= 0.3 is 0 Å². The van der Waals surface area contributed by atoms with Gasteiger partial charge in [0, 0.05) is 19.9 Å². The highest BCUT2D eigenvalue weighted by Gasteiger charge is 2.97. The van der Waals surface area contributed by atoms with E-state index in [1.165, 1.54) is 12.5 Å². The van der Waals surface area contributed by atoms with E-state index in [2.05, 4.69) is 19.6 Å². The van der Waals surface area contributed by atoms with E-state index < -0.39 is 13.9 Å². The number of aliphatic hydroxyl groups is 1. The first-order chi connectivity index (χ1) is 8.39. The minimum absolute atomic E-state index is 0.144. The molecule has 0 aromatic rings. The summed E-state index contributed by atoms with van der Waals surface area (Å²) in [5, 5.41) is 11.1. The first-order valence-corrected chi connectivity index (χ1v) is 11.5. The molecule has 18 heavy (non-hydrogen) atoms. The third kappa shape index (κ3) is 0.638. The van der Waals surface area contributed by atoms with Crippen molar-refractivity contribution >= 4 is 8.07 Å². The van der Waals surface area contributed by atoms with Crippen LogP contribution in [0.25, 0.3) is 0 Å². The van der Waals surface area contributed by atoms with Crippen molar-refractivity contribution in [2.45, 2.75) is 43.5 Å². The first kappa shape index (κ1) is 9.95. The fourth-order valence-electron chi connectivity index (χ4n) is 8.36. The van der Waals surface area contributed by atoms with Gasteiger partial charge in [0.25, 0.3) is 0 Å². The molecule has 5 saturated carbocycles. The van der Waals surface area contributed by atoms with Crippen LogP contribution in [0.1, 0.15) is 6.42 Å². The molecule has 7 rings (SSSR count). The van der Waals surface area contributed by atoms with E-state index in [0.717, 1.165) is 35.5 Å². The van der Waals surface area contributed by atoms with Gasteiger partial charge in [0.2, 0.25) is 0 Å². The van der Waals surface area contributed by atoms with Crippen LogP contribution in [0.2, 0.25) is 25.7 Å². The molecule has 0 aromatic heterocycles. The Hall–Kier alpha value is 0.137. The van der Waals surface area contributed by atoms with E-state index >= 15 is 0 Å². The van der Waals surface area contributed by atoms with Gasteiger partial charge in [-0.25, -0.2) is 0 Å². The van der Waals surface area contributed by atoms with E-state index in [4.69, 9.17) is 4.74 Å². The smallest absolute Gasteiger partial charge is 0.173 e. The number of hydrogen-bond acceptors (Lipinski definition) is 2. The van der Waals surface area contributed by atoms with Crippen molar-refractivity contribution in [3.05, 3.63) is 0 Å². The normalized spacial score (nSPS) is 76.0. The minimum Gasteiger partial charge on any atom is -0.365 e. The number of ether oxygens (including phenoxy) is 1. The molecule has 0 aromatic carbocycles. The summed E-state index contributed by atoms with van der Waals surface area (Å²) in [7, 11) is -1.13. The Labute approximate surface area is 109 Å². The van der Waals surface area contributed by atoms with Gasteiger partial charge < -0.3 is 9.84 Å². The van der Waals surface area contributed by atoms with Gasteiger partial charge in [0.15, 0.2) is 5.79 Å². The zero-order chi connectivity index (χ0) is 12.2. The van der Waals surface area contributed by atoms with Gasteiger partial charge in [0.05, 0.1) is 5.60 Å². The summed E-state index contributed by atoms with van der Waals surface area (Å²) in [6.45, 7) is 7.42. The minimum atomic E-state index is -1.13. The molecule has 1 N–H and O–H groups in total. The Morgan fingerprint density at radius 2 is 1.72 bits per heavy atom. The lowest BCUT2D eigenvalue weighted by molar-refractivity contribution is -0.208. The molecule has 7 aliphatic rings. The Morgan fingerprint density at radius 3 is 2.44 bits per heavy atom. The van der Waals surface area contributed by atoms with Gasteiger partial charge in [-0.15, -0.1) is 0 Å². The average Bonchev–Trinajstić information content (AvgIpc) is 2.73. The van der Waals surface area contributed by atoms with Crippen LogP contribution in [0, 0.1) is 47.3 Å². The van der Waals surface area contributed by atoms with Crippen LogP contribution < -0.4 is 0 Å². The predicted molar refractivity (Wildman–Crippen MR) is 69.5 cm³/mol. The van der Waals surface area contributed by atoms with Crippen molar-refractivity contribution in [3.63, 3.8) is 0 Å². The van der Waals surface area contributed by atoms with Crippen LogP contribution in [-0.2, 0) is 4.74 Å². The molecule has 2 heterocycles. The zero-order valence-electron chi connectivity index (χ0n) is 11.4. The van der Waals surface area contributed by atoms with E-state index in [9.17, 15) is 5.11 Å². The molecule has 5 aliphatic carbocycles. The van der Waals surface area contributed by atoms with Crippen LogP contribution in [0.3, 0.4) is 0 Å². The molecule has 10 atom stereocenters. The summed E-state index contributed by atoms with van der Waals surface area (Å²) in [5.74, 6) is 5.59. The Balaban J connectivity index is 1.59. The van der Waals surface area contributed by atoms with Gasteiger partial charge in [-0.05, 0) is 48.0 Å². The Morgan fingerprint density at radius 1 is 1.06 bits per heavy atom. The van der Waals surface area contributed by atoms with Gasteiger partial charge in [-0.2, -0.15) is 0 Å².